The van der Waals surface area contributed by atoms with Crippen molar-refractivity contribution in [3.63, 3.8) is 0 Å². The molecule has 1 amide bonds. The lowest BCUT2D eigenvalue weighted by molar-refractivity contribution is -0.385. The van der Waals surface area contributed by atoms with E-state index in [0.717, 1.165) is 12.0 Å². The van der Waals surface area contributed by atoms with Crippen molar-refractivity contribution in [2.75, 3.05) is 13.7 Å². The number of nitrogens with one attached hydrogen (secondary N) is 1. The lowest BCUT2D eigenvalue weighted by Crippen LogP contribution is -2.23. The minimum atomic E-state index is -0.572. The summed E-state index contributed by atoms with van der Waals surface area (Å²) in [5.41, 5.74) is 0.607. The molecule has 0 heterocycles. The fourth-order valence-corrected chi connectivity index (χ4v) is 2.26. The van der Waals surface area contributed by atoms with Crippen LogP contribution in [0, 0.1) is 10.1 Å². The van der Waals surface area contributed by atoms with Crippen LogP contribution in [0.4, 0.5) is 5.69 Å². The van der Waals surface area contributed by atoms with Gasteiger partial charge in [0.25, 0.3) is 11.6 Å². The van der Waals surface area contributed by atoms with Gasteiger partial charge in [0.15, 0.2) is 11.5 Å². The molecular formula is C18H20N2O5. The fraction of sp³-hybridized carbons (Fsp3) is 0.278. The maximum absolute atomic E-state index is 12.2. The van der Waals surface area contributed by atoms with E-state index in [1.165, 1.54) is 18.2 Å². The lowest BCUT2D eigenvalue weighted by Gasteiger charge is -2.12. The first-order valence-corrected chi connectivity index (χ1v) is 7.88. The summed E-state index contributed by atoms with van der Waals surface area (Å²) in [6.07, 6.45) is 0.886. The zero-order valence-electron chi connectivity index (χ0n) is 14.2. The number of ether oxygens (including phenoxy) is 2. The van der Waals surface area contributed by atoms with Crippen molar-refractivity contribution in [1.82, 2.24) is 5.32 Å². The average Bonchev–Trinajstić information content (AvgIpc) is 2.64. The third kappa shape index (κ3) is 4.69. The van der Waals surface area contributed by atoms with Crippen molar-refractivity contribution in [2.45, 2.75) is 19.9 Å². The van der Waals surface area contributed by atoms with Crippen LogP contribution in [0.2, 0.25) is 0 Å². The molecule has 1 N–H and O–H groups in total. The van der Waals surface area contributed by atoms with Crippen molar-refractivity contribution in [3.8, 4) is 11.5 Å². The second kappa shape index (κ2) is 8.68. The Hall–Kier alpha value is -3.09. The summed E-state index contributed by atoms with van der Waals surface area (Å²) < 4.78 is 10.9. The summed E-state index contributed by atoms with van der Waals surface area (Å²) in [5.74, 6) is 0.710. The molecule has 0 unspecified atom stereocenters. The van der Waals surface area contributed by atoms with E-state index in [-0.39, 0.29) is 17.8 Å². The van der Waals surface area contributed by atoms with Gasteiger partial charge in [0.1, 0.15) is 5.56 Å². The third-order valence-electron chi connectivity index (χ3n) is 3.49. The zero-order valence-corrected chi connectivity index (χ0v) is 14.2. The largest absolute Gasteiger partial charge is 0.493 e. The van der Waals surface area contributed by atoms with Gasteiger partial charge in [-0.25, -0.2) is 0 Å². The second-order valence-corrected chi connectivity index (χ2v) is 5.29. The zero-order chi connectivity index (χ0) is 18.2. The molecule has 0 saturated carbocycles. The fourth-order valence-electron chi connectivity index (χ4n) is 2.26. The standard InChI is InChI=1S/C18H20N2O5/c1-3-10-25-16-9-8-13(11-17(16)24-2)12-19-18(21)14-6-4-5-7-15(14)20(22)23/h4-9,11H,3,10,12H2,1-2H3,(H,19,21). The highest BCUT2D eigenvalue weighted by Crippen LogP contribution is 2.28. The minimum absolute atomic E-state index is 0.0300. The number of para-hydroxylation sites is 1. The number of benzene rings is 2. The van der Waals surface area contributed by atoms with E-state index in [1.807, 2.05) is 13.0 Å². The molecule has 0 aliphatic rings. The molecule has 0 spiro atoms. The van der Waals surface area contributed by atoms with Crippen LogP contribution in [0.1, 0.15) is 29.3 Å². The molecule has 25 heavy (non-hydrogen) atoms. The molecular weight excluding hydrogens is 324 g/mol. The minimum Gasteiger partial charge on any atom is -0.493 e. The van der Waals surface area contributed by atoms with Crippen LogP contribution in [-0.4, -0.2) is 24.5 Å². The number of amides is 1. The van der Waals surface area contributed by atoms with Gasteiger partial charge in [-0.05, 0) is 30.2 Å². The van der Waals surface area contributed by atoms with E-state index in [4.69, 9.17) is 9.47 Å². The summed E-state index contributed by atoms with van der Waals surface area (Å²) in [4.78, 5) is 22.7. The molecule has 2 aromatic carbocycles. The second-order valence-electron chi connectivity index (χ2n) is 5.29. The van der Waals surface area contributed by atoms with Gasteiger partial charge in [-0.3, -0.25) is 14.9 Å². The van der Waals surface area contributed by atoms with Gasteiger partial charge in [0.05, 0.1) is 18.6 Å². The van der Waals surface area contributed by atoms with Crippen LogP contribution in [0.25, 0.3) is 0 Å². The number of hydrogen-bond donors (Lipinski definition) is 1. The predicted molar refractivity (Wildman–Crippen MR) is 93.0 cm³/mol. The number of nitro benzene ring substituents is 1. The molecule has 2 aromatic rings. The molecule has 7 nitrogen and oxygen atoms in total. The van der Waals surface area contributed by atoms with Crippen molar-refractivity contribution >= 4 is 11.6 Å². The number of hydrogen-bond acceptors (Lipinski definition) is 5. The molecule has 0 aliphatic carbocycles. The van der Waals surface area contributed by atoms with Crippen molar-refractivity contribution in [2.24, 2.45) is 0 Å². The highest BCUT2D eigenvalue weighted by atomic mass is 16.6. The van der Waals surface area contributed by atoms with Crippen LogP contribution in [-0.2, 0) is 6.54 Å². The Morgan fingerprint density at radius 3 is 2.64 bits per heavy atom. The maximum Gasteiger partial charge on any atom is 0.282 e. The van der Waals surface area contributed by atoms with E-state index in [2.05, 4.69) is 5.32 Å². The van der Waals surface area contributed by atoms with Crippen LogP contribution in [0.5, 0.6) is 11.5 Å². The Bertz CT molecular complexity index is 761. The number of rotatable bonds is 8. The van der Waals surface area contributed by atoms with E-state index in [9.17, 15) is 14.9 Å². The Morgan fingerprint density at radius 2 is 1.96 bits per heavy atom. The van der Waals surface area contributed by atoms with Gasteiger partial charge in [0, 0.05) is 12.6 Å². The molecule has 132 valence electrons. The molecule has 0 radical (unpaired) electrons. The van der Waals surface area contributed by atoms with Crippen LogP contribution < -0.4 is 14.8 Å². The molecule has 0 saturated heterocycles. The molecule has 0 bridgehead atoms. The Balaban J connectivity index is 2.08. The molecule has 0 aliphatic heterocycles. The van der Waals surface area contributed by atoms with Crippen molar-refractivity contribution in [1.29, 1.82) is 0 Å². The first kappa shape index (κ1) is 18.3. The molecule has 0 aromatic heterocycles. The summed E-state index contributed by atoms with van der Waals surface area (Å²) in [6, 6.07) is 11.2. The first-order valence-electron chi connectivity index (χ1n) is 7.88. The highest BCUT2D eigenvalue weighted by Gasteiger charge is 2.18. The molecule has 0 fully saturated rings. The number of carbonyl (C=O) groups is 1. The molecule has 2 rings (SSSR count). The van der Waals surface area contributed by atoms with Crippen LogP contribution in [0.15, 0.2) is 42.5 Å². The van der Waals surface area contributed by atoms with Gasteiger partial charge in [-0.1, -0.05) is 25.1 Å². The van der Waals surface area contributed by atoms with Crippen LogP contribution in [0.3, 0.4) is 0 Å². The monoisotopic (exact) mass is 344 g/mol. The number of methoxy groups -OCH3 is 1. The van der Waals surface area contributed by atoms with Gasteiger partial charge in [-0.2, -0.15) is 0 Å². The number of nitro groups is 1. The van der Waals surface area contributed by atoms with E-state index >= 15 is 0 Å². The van der Waals surface area contributed by atoms with E-state index in [0.29, 0.717) is 18.1 Å². The Kier molecular flexibility index (Phi) is 6.33. The van der Waals surface area contributed by atoms with Crippen LogP contribution >= 0.6 is 0 Å². The summed E-state index contributed by atoms with van der Waals surface area (Å²) in [5, 5.41) is 13.7. The Morgan fingerprint density at radius 1 is 1.20 bits per heavy atom. The van der Waals surface area contributed by atoms with Crippen molar-refractivity contribution in [3.05, 3.63) is 63.7 Å². The smallest absolute Gasteiger partial charge is 0.282 e. The van der Waals surface area contributed by atoms with Gasteiger partial charge >= 0.3 is 0 Å². The summed E-state index contributed by atoms with van der Waals surface area (Å²) in [7, 11) is 1.55. The topological polar surface area (TPSA) is 90.7 Å². The first-order chi connectivity index (χ1) is 12.1. The van der Waals surface area contributed by atoms with Crippen molar-refractivity contribution < 1.29 is 19.2 Å². The van der Waals surface area contributed by atoms with Gasteiger partial charge in [0.2, 0.25) is 0 Å². The highest BCUT2D eigenvalue weighted by molar-refractivity contribution is 5.98. The Labute approximate surface area is 145 Å². The molecule has 0 atom stereocenters. The summed E-state index contributed by atoms with van der Waals surface area (Å²) in [6.45, 7) is 2.82. The lowest BCUT2D eigenvalue weighted by atomic mass is 10.1. The molecule has 7 heteroatoms. The van der Waals surface area contributed by atoms with Gasteiger partial charge < -0.3 is 14.8 Å². The number of nitrogens with zero attached hydrogens (tertiary/aromatic N) is 1. The summed E-state index contributed by atoms with van der Waals surface area (Å²) >= 11 is 0. The van der Waals surface area contributed by atoms with E-state index in [1.54, 1.807) is 25.3 Å². The quantitative estimate of drug-likeness (QED) is 0.586. The third-order valence-corrected chi connectivity index (χ3v) is 3.49. The normalized spacial score (nSPS) is 10.2. The average molecular weight is 344 g/mol. The maximum atomic E-state index is 12.2. The number of carbonyl (C=O) groups excluding carboxylic acids is 1. The van der Waals surface area contributed by atoms with Gasteiger partial charge in [-0.15, -0.1) is 0 Å². The predicted octanol–water partition coefficient (Wildman–Crippen LogP) is 3.32. The van der Waals surface area contributed by atoms with E-state index < -0.39 is 10.8 Å². The SMILES string of the molecule is CCCOc1ccc(CNC(=O)c2ccccc2[N+](=O)[O-])cc1OC.